The molecule has 0 aliphatic heterocycles. The van der Waals surface area contributed by atoms with Crippen LogP contribution in [-0.2, 0) is 9.59 Å². The summed E-state index contributed by atoms with van der Waals surface area (Å²) in [6.45, 7) is 7.84. The fourth-order valence-electron chi connectivity index (χ4n) is 1.38. The molecule has 0 spiro atoms. The van der Waals surface area contributed by atoms with Gasteiger partial charge in [0.2, 0.25) is 11.8 Å². The van der Waals surface area contributed by atoms with Crippen LogP contribution < -0.4 is 11.5 Å². The summed E-state index contributed by atoms with van der Waals surface area (Å²) in [5.74, 6) is -0.522. The molecular formula is C11H21N3O2. The number of primary amides is 1. The summed E-state index contributed by atoms with van der Waals surface area (Å²) in [5, 5.41) is 0. The molecule has 2 amide bonds. The Hall–Kier alpha value is -1.36. The monoisotopic (exact) mass is 227 g/mol. The average molecular weight is 227 g/mol. The first kappa shape index (κ1) is 14.6. The van der Waals surface area contributed by atoms with Crippen LogP contribution in [0.5, 0.6) is 0 Å². The number of rotatable bonds is 7. The summed E-state index contributed by atoms with van der Waals surface area (Å²) >= 11 is 0. The normalized spacial score (nSPS) is 12.2. The Bertz CT molecular complexity index is 264. The lowest BCUT2D eigenvalue weighted by Gasteiger charge is -2.25. The third-order valence-electron chi connectivity index (χ3n) is 1.98. The minimum atomic E-state index is -0.643. The van der Waals surface area contributed by atoms with Gasteiger partial charge in [-0.05, 0) is 12.3 Å². The molecule has 5 nitrogen and oxygen atoms in total. The lowest BCUT2D eigenvalue weighted by atomic mass is 10.1. The van der Waals surface area contributed by atoms with Gasteiger partial charge in [0.05, 0.1) is 12.6 Å². The average Bonchev–Trinajstić information content (AvgIpc) is 2.14. The van der Waals surface area contributed by atoms with Gasteiger partial charge >= 0.3 is 0 Å². The summed E-state index contributed by atoms with van der Waals surface area (Å²) < 4.78 is 0. The second-order valence-corrected chi connectivity index (χ2v) is 4.21. The fourth-order valence-corrected chi connectivity index (χ4v) is 1.38. The number of nitrogens with zero attached hydrogens (tertiary/aromatic N) is 1. The molecule has 0 saturated carbocycles. The van der Waals surface area contributed by atoms with Crippen molar-refractivity contribution >= 4 is 11.8 Å². The van der Waals surface area contributed by atoms with Crippen molar-refractivity contribution in [3.8, 4) is 0 Å². The number of nitrogens with two attached hydrogens (primary N) is 2. The number of carbonyl (C=O) groups excluding carboxylic acids is 2. The van der Waals surface area contributed by atoms with Crippen LogP contribution in [-0.4, -0.2) is 35.8 Å². The SMILES string of the molecule is C=CCC(N)C(=O)N(CC(N)=O)CC(C)C. The van der Waals surface area contributed by atoms with Crippen LogP contribution >= 0.6 is 0 Å². The van der Waals surface area contributed by atoms with E-state index in [1.165, 1.54) is 4.90 Å². The van der Waals surface area contributed by atoms with Crippen LogP contribution in [0.4, 0.5) is 0 Å². The summed E-state index contributed by atoms with van der Waals surface area (Å²) in [5.41, 5.74) is 10.8. The second kappa shape index (κ2) is 7.00. The highest BCUT2D eigenvalue weighted by molar-refractivity contribution is 5.86. The molecule has 0 aromatic heterocycles. The molecule has 0 rings (SSSR count). The maximum Gasteiger partial charge on any atom is 0.240 e. The molecule has 4 N–H and O–H groups in total. The van der Waals surface area contributed by atoms with E-state index in [-0.39, 0.29) is 18.4 Å². The van der Waals surface area contributed by atoms with Gasteiger partial charge in [-0.25, -0.2) is 0 Å². The van der Waals surface area contributed by atoms with Crippen molar-refractivity contribution in [2.45, 2.75) is 26.3 Å². The first-order valence-corrected chi connectivity index (χ1v) is 5.32. The largest absolute Gasteiger partial charge is 0.368 e. The minimum Gasteiger partial charge on any atom is -0.368 e. The van der Waals surface area contributed by atoms with Gasteiger partial charge < -0.3 is 16.4 Å². The molecule has 5 heteroatoms. The summed E-state index contributed by atoms with van der Waals surface area (Å²) in [6, 6.07) is -0.643. The van der Waals surface area contributed by atoms with Gasteiger partial charge in [-0.1, -0.05) is 19.9 Å². The molecule has 0 aromatic carbocycles. The topological polar surface area (TPSA) is 89.4 Å². The molecule has 92 valence electrons. The molecule has 0 bridgehead atoms. The first-order valence-electron chi connectivity index (χ1n) is 5.32. The van der Waals surface area contributed by atoms with Crippen LogP contribution in [0.3, 0.4) is 0 Å². The molecule has 0 saturated heterocycles. The Morgan fingerprint density at radius 1 is 1.44 bits per heavy atom. The number of carbonyl (C=O) groups is 2. The van der Waals surface area contributed by atoms with E-state index in [9.17, 15) is 9.59 Å². The lowest BCUT2D eigenvalue weighted by Crippen LogP contribution is -2.48. The van der Waals surface area contributed by atoms with Gasteiger partial charge in [-0.2, -0.15) is 0 Å². The van der Waals surface area contributed by atoms with Crippen molar-refractivity contribution in [3.05, 3.63) is 12.7 Å². The van der Waals surface area contributed by atoms with Crippen LogP contribution in [0.25, 0.3) is 0 Å². The number of hydrogen-bond donors (Lipinski definition) is 2. The Morgan fingerprint density at radius 3 is 2.38 bits per heavy atom. The Balaban J connectivity index is 4.53. The highest BCUT2D eigenvalue weighted by Gasteiger charge is 2.21. The summed E-state index contributed by atoms with van der Waals surface area (Å²) in [6.07, 6.45) is 1.98. The smallest absolute Gasteiger partial charge is 0.240 e. The molecule has 0 fully saturated rings. The maximum absolute atomic E-state index is 11.8. The molecule has 0 radical (unpaired) electrons. The van der Waals surface area contributed by atoms with Crippen molar-refractivity contribution in [3.63, 3.8) is 0 Å². The van der Waals surface area contributed by atoms with E-state index in [0.29, 0.717) is 13.0 Å². The van der Waals surface area contributed by atoms with E-state index < -0.39 is 11.9 Å². The van der Waals surface area contributed by atoms with Crippen LogP contribution in [0, 0.1) is 5.92 Å². The van der Waals surface area contributed by atoms with Gasteiger partial charge in [-0.3, -0.25) is 9.59 Å². The molecular weight excluding hydrogens is 206 g/mol. The molecule has 0 heterocycles. The van der Waals surface area contributed by atoms with Crippen molar-refractivity contribution in [2.24, 2.45) is 17.4 Å². The van der Waals surface area contributed by atoms with Gasteiger partial charge in [0, 0.05) is 6.54 Å². The third-order valence-corrected chi connectivity index (χ3v) is 1.98. The quantitative estimate of drug-likeness (QED) is 0.593. The molecule has 1 atom stereocenters. The zero-order valence-corrected chi connectivity index (χ0v) is 9.98. The maximum atomic E-state index is 11.8. The summed E-state index contributed by atoms with van der Waals surface area (Å²) in [7, 11) is 0. The minimum absolute atomic E-state index is 0.0815. The van der Waals surface area contributed by atoms with Crippen molar-refractivity contribution in [1.82, 2.24) is 4.90 Å². The Kier molecular flexibility index (Phi) is 6.41. The standard InChI is InChI=1S/C11H21N3O2/c1-4-5-9(12)11(16)14(6-8(2)3)7-10(13)15/h4,8-9H,1,5-7,12H2,2-3H3,(H2,13,15). The van der Waals surface area contributed by atoms with Gasteiger partial charge in [-0.15, -0.1) is 6.58 Å². The van der Waals surface area contributed by atoms with Crippen molar-refractivity contribution < 1.29 is 9.59 Å². The highest BCUT2D eigenvalue weighted by atomic mass is 16.2. The third kappa shape index (κ3) is 5.50. The van der Waals surface area contributed by atoms with Crippen molar-refractivity contribution in [2.75, 3.05) is 13.1 Å². The first-order chi connectivity index (χ1) is 7.38. The van der Waals surface area contributed by atoms with Crippen LogP contribution in [0.1, 0.15) is 20.3 Å². The molecule has 1 unspecified atom stereocenters. The summed E-state index contributed by atoms with van der Waals surface area (Å²) in [4.78, 5) is 24.1. The van der Waals surface area contributed by atoms with E-state index in [1.807, 2.05) is 13.8 Å². The second-order valence-electron chi connectivity index (χ2n) is 4.21. The Labute approximate surface area is 96.5 Å². The van der Waals surface area contributed by atoms with Gasteiger partial charge in [0.15, 0.2) is 0 Å². The lowest BCUT2D eigenvalue weighted by molar-refractivity contribution is -0.136. The van der Waals surface area contributed by atoms with E-state index in [4.69, 9.17) is 11.5 Å². The van der Waals surface area contributed by atoms with Gasteiger partial charge in [0.25, 0.3) is 0 Å². The van der Waals surface area contributed by atoms with Crippen LogP contribution in [0.15, 0.2) is 12.7 Å². The van der Waals surface area contributed by atoms with E-state index in [0.717, 1.165) is 0 Å². The van der Waals surface area contributed by atoms with E-state index >= 15 is 0 Å². The predicted molar refractivity (Wildman–Crippen MR) is 63.4 cm³/mol. The van der Waals surface area contributed by atoms with E-state index in [2.05, 4.69) is 6.58 Å². The molecule has 0 aromatic rings. The van der Waals surface area contributed by atoms with Gasteiger partial charge in [0.1, 0.15) is 0 Å². The number of amides is 2. The zero-order valence-electron chi connectivity index (χ0n) is 9.98. The molecule has 16 heavy (non-hydrogen) atoms. The van der Waals surface area contributed by atoms with Crippen LogP contribution in [0.2, 0.25) is 0 Å². The predicted octanol–water partition coefficient (Wildman–Crippen LogP) is -0.140. The molecule has 0 aliphatic carbocycles. The Morgan fingerprint density at radius 2 is 2.00 bits per heavy atom. The fraction of sp³-hybridized carbons (Fsp3) is 0.636. The van der Waals surface area contributed by atoms with Crippen molar-refractivity contribution in [1.29, 1.82) is 0 Å². The zero-order chi connectivity index (χ0) is 12.7. The number of hydrogen-bond acceptors (Lipinski definition) is 3. The molecule has 0 aliphatic rings. The highest BCUT2D eigenvalue weighted by Crippen LogP contribution is 2.03. The van der Waals surface area contributed by atoms with E-state index in [1.54, 1.807) is 6.08 Å².